The SMILES string of the molecule is Cc1cccc(C2(O)CCC(C)c3ccccc32)c1. The van der Waals surface area contributed by atoms with Gasteiger partial charge in [0.2, 0.25) is 0 Å². The molecule has 1 aliphatic carbocycles. The van der Waals surface area contributed by atoms with Crippen molar-refractivity contribution >= 4 is 0 Å². The van der Waals surface area contributed by atoms with E-state index in [4.69, 9.17) is 0 Å². The van der Waals surface area contributed by atoms with Crippen LogP contribution in [0.25, 0.3) is 0 Å². The lowest BCUT2D eigenvalue weighted by atomic mass is 9.71. The van der Waals surface area contributed by atoms with Crippen LogP contribution >= 0.6 is 0 Å². The zero-order valence-electron chi connectivity index (χ0n) is 11.6. The number of fused-ring (bicyclic) bond motifs is 1. The van der Waals surface area contributed by atoms with Crippen molar-refractivity contribution in [2.24, 2.45) is 0 Å². The molecule has 2 atom stereocenters. The van der Waals surface area contributed by atoms with Crippen LogP contribution in [0.1, 0.15) is 47.9 Å². The highest BCUT2D eigenvalue weighted by Crippen LogP contribution is 2.44. The minimum atomic E-state index is -0.824. The molecule has 0 radical (unpaired) electrons. The van der Waals surface area contributed by atoms with Crippen LogP contribution in [0, 0.1) is 6.92 Å². The predicted octanol–water partition coefficient (Wildman–Crippen LogP) is 4.13. The Morgan fingerprint density at radius 1 is 1.11 bits per heavy atom. The van der Waals surface area contributed by atoms with E-state index in [0.717, 1.165) is 24.0 Å². The third-order valence-electron chi connectivity index (χ3n) is 4.37. The Hall–Kier alpha value is -1.60. The van der Waals surface area contributed by atoms with Gasteiger partial charge >= 0.3 is 0 Å². The quantitative estimate of drug-likeness (QED) is 0.809. The van der Waals surface area contributed by atoms with E-state index in [1.807, 2.05) is 18.2 Å². The molecule has 0 heterocycles. The van der Waals surface area contributed by atoms with Gasteiger partial charge in [-0.05, 0) is 42.4 Å². The van der Waals surface area contributed by atoms with Crippen LogP contribution in [0.4, 0.5) is 0 Å². The number of rotatable bonds is 1. The molecule has 19 heavy (non-hydrogen) atoms. The number of benzene rings is 2. The predicted molar refractivity (Wildman–Crippen MR) is 78.3 cm³/mol. The van der Waals surface area contributed by atoms with Gasteiger partial charge in [-0.1, -0.05) is 61.0 Å². The summed E-state index contributed by atoms with van der Waals surface area (Å²) in [6, 6.07) is 16.6. The van der Waals surface area contributed by atoms with E-state index in [1.54, 1.807) is 0 Å². The van der Waals surface area contributed by atoms with Gasteiger partial charge in [0.25, 0.3) is 0 Å². The summed E-state index contributed by atoms with van der Waals surface area (Å²) in [6.45, 7) is 4.32. The van der Waals surface area contributed by atoms with E-state index in [9.17, 15) is 5.11 Å². The minimum absolute atomic E-state index is 0.529. The summed E-state index contributed by atoms with van der Waals surface area (Å²) in [7, 11) is 0. The van der Waals surface area contributed by atoms with Gasteiger partial charge in [-0.15, -0.1) is 0 Å². The topological polar surface area (TPSA) is 20.2 Å². The average molecular weight is 252 g/mol. The molecule has 2 aromatic rings. The van der Waals surface area contributed by atoms with Gasteiger partial charge in [-0.3, -0.25) is 0 Å². The first-order valence-electron chi connectivity index (χ1n) is 7.00. The first kappa shape index (κ1) is 12.4. The molecule has 0 fully saturated rings. The lowest BCUT2D eigenvalue weighted by Gasteiger charge is -2.38. The summed E-state index contributed by atoms with van der Waals surface area (Å²) in [5.74, 6) is 0.529. The fourth-order valence-corrected chi connectivity index (χ4v) is 3.22. The van der Waals surface area contributed by atoms with Crippen molar-refractivity contribution in [2.45, 2.75) is 38.2 Å². The monoisotopic (exact) mass is 252 g/mol. The number of aryl methyl sites for hydroxylation is 1. The molecule has 2 unspecified atom stereocenters. The number of hydrogen-bond acceptors (Lipinski definition) is 1. The van der Waals surface area contributed by atoms with Crippen molar-refractivity contribution in [2.75, 3.05) is 0 Å². The summed E-state index contributed by atoms with van der Waals surface area (Å²) in [4.78, 5) is 0. The second-order valence-corrected chi connectivity index (χ2v) is 5.76. The molecule has 0 spiro atoms. The fraction of sp³-hybridized carbons (Fsp3) is 0.333. The van der Waals surface area contributed by atoms with Crippen LogP contribution in [0.2, 0.25) is 0 Å². The molecule has 2 aromatic carbocycles. The summed E-state index contributed by atoms with van der Waals surface area (Å²) in [6.07, 6.45) is 1.83. The maximum absolute atomic E-state index is 11.2. The van der Waals surface area contributed by atoms with Gasteiger partial charge in [0.1, 0.15) is 5.60 Å². The van der Waals surface area contributed by atoms with Gasteiger partial charge in [0.05, 0.1) is 0 Å². The molecular formula is C18H20O. The first-order chi connectivity index (χ1) is 9.11. The van der Waals surface area contributed by atoms with Crippen LogP contribution in [0.3, 0.4) is 0 Å². The van der Waals surface area contributed by atoms with Crippen molar-refractivity contribution < 1.29 is 5.11 Å². The van der Waals surface area contributed by atoms with Crippen molar-refractivity contribution in [3.63, 3.8) is 0 Å². The smallest absolute Gasteiger partial charge is 0.115 e. The lowest BCUT2D eigenvalue weighted by Crippen LogP contribution is -2.32. The Balaban J connectivity index is 2.18. The van der Waals surface area contributed by atoms with Gasteiger partial charge in [0, 0.05) is 0 Å². The highest BCUT2D eigenvalue weighted by molar-refractivity contribution is 5.45. The van der Waals surface area contributed by atoms with Crippen LogP contribution in [-0.2, 0) is 5.60 Å². The highest BCUT2D eigenvalue weighted by atomic mass is 16.3. The minimum Gasteiger partial charge on any atom is -0.380 e. The molecule has 3 rings (SSSR count). The first-order valence-corrected chi connectivity index (χ1v) is 7.00. The maximum Gasteiger partial charge on any atom is 0.115 e. The standard InChI is InChI=1S/C18H20O/c1-13-6-5-7-15(12-13)18(19)11-10-14(2)16-8-3-4-9-17(16)18/h3-9,12,14,19H,10-11H2,1-2H3. The van der Waals surface area contributed by atoms with Crippen LogP contribution in [0.5, 0.6) is 0 Å². The van der Waals surface area contributed by atoms with Crippen LogP contribution in [-0.4, -0.2) is 5.11 Å². The Kier molecular flexibility index (Phi) is 2.94. The second-order valence-electron chi connectivity index (χ2n) is 5.76. The molecular weight excluding hydrogens is 232 g/mol. The van der Waals surface area contributed by atoms with Gasteiger partial charge in [-0.25, -0.2) is 0 Å². The molecule has 0 saturated heterocycles. The van der Waals surface area contributed by atoms with E-state index >= 15 is 0 Å². The highest BCUT2D eigenvalue weighted by Gasteiger charge is 2.38. The molecule has 0 saturated carbocycles. The van der Waals surface area contributed by atoms with E-state index in [0.29, 0.717) is 5.92 Å². The average Bonchev–Trinajstić information content (AvgIpc) is 2.43. The van der Waals surface area contributed by atoms with Crippen molar-refractivity contribution in [3.8, 4) is 0 Å². The maximum atomic E-state index is 11.2. The summed E-state index contributed by atoms with van der Waals surface area (Å²) in [5.41, 5.74) is 3.76. The zero-order valence-corrected chi connectivity index (χ0v) is 11.6. The fourth-order valence-electron chi connectivity index (χ4n) is 3.22. The molecule has 1 aliphatic rings. The molecule has 0 aromatic heterocycles. The van der Waals surface area contributed by atoms with Crippen LogP contribution < -0.4 is 0 Å². The number of aliphatic hydroxyl groups is 1. The van der Waals surface area contributed by atoms with Crippen molar-refractivity contribution in [3.05, 3.63) is 70.8 Å². The largest absolute Gasteiger partial charge is 0.380 e. The zero-order chi connectivity index (χ0) is 13.5. The third-order valence-corrected chi connectivity index (χ3v) is 4.37. The van der Waals surface area contributed by atoms with Crippen molar-refractivity contribution in [1.82, 2.24) is 0 Å². The van der Waals surface area contributed by atoms with Crippen molar-refractivity contribution in [1.29, 1.82) is 0 Å². The Morgan fingerprint density at radius 3 is 2.68 bits per heavy atom. The van der Waals surface area contributed by atoms with E-state index in [1.165, 1.54) is 11.1 Å². The summed E-state index contributed by atoms with van der Waals surface area (Å²) >= 11 is 0. The Morgan fingerprint density at radius 2 is 1.89 bits per heavy atom. The van der Waals surface area contributed by atoms with Gasteiger partial charge < -0.3 is 5.11 Å². The molecule has 0 amide bonds. The number of hydrogen-bond donors (Lipinski definition) is 1. The second kappa shape index (κ2) is 4.50. The van der Waals surface area contributed by atoms with Crippen LogP contribution in [0.15, 0.2) is 48.5 Å². The molecule has 0 aliphatic heterocycles. The Bertz CT molecular complexity index is 602. The molecule has 1 nitrogen and oxygen atoms in total. The van der Waals surface area contributed by atoms with Gasteiger partial charge in [0.15, 0.2) is 0 Å². The lowest BCUT2D eigenvalue weighted by molar-refractivity contribution is 0.0579. The molecule has 1 heteroatoms. The molecule has 98 valence electrons. The normalized spacial score (nSPS) is 25.9. The van der Waals surface area contributed by atoms with E-state index in [2.05, 4.69) is 44.2 Å². The Labute approximate surface area is 114 Å². The van der Waals surface area contributed by atoms with Gasteiger partial charge in [-0.2, -0.15) is 0 Å². The molecule has 0 bridgehead atoms. The summed E-state index contributed by atoms with van der Waals surface area (Å²) in [5, 5.41) is 11.2. The third kappa shape index (κ3) is 1.98. The van der Waals surface area contributed by atoms with E-state index < -0.39 is 5.60 Å². The molecule has 1 N–H and O–H groups in total. The van der Waals surface area contributed by atoms with E-state index in [-0.39, 0.29) is 0 Å². The summed E-state index contributed by atoms with van der Waals surface area (Å²) < 4.78 is 0.